The Morgan fingerprint density at radius 1 is 1.27 bits per heavy atom. The molecule has 5 nitrogen and oxygen atoms in total. The summed E-state index contributed by atoms with van der Waals surface area (Å²) < 4.78 is 4.53. The Labute approximate surface area is 89.8 Å². The number of rotatable bonds is 2. The molecule has 15 heavy (non-hydrogen) atoms. The molecule has 0 spiro atoms. The molecule has 1 fully saturated rings. The minimum absolute atomic E-state index is 0.174. The van der Waals surface area contributed by atoms with Gasteiger partial charge in [-0.3, -0.25) is 0 Å². The van der Waals surface area contributed by atoms with Crippen molar-refractivity contribution in [1.29, 1.82) is 0 Å². The van der Waals surface area contributed by atoms with Crippen LogP contribution in [0.4, 0.5) is 4.79 Å². The molecule has 0 saturated carbocycles. The Balaban J connectivity index is 2.36. The van der Waals surface area contributed by atoms with Gasteiger partial charge in [-0.1, -0.05) is 0 Å². The number of carbonyl (C=O) groups is 2. The molecule has 0 aromatic rings. The highest BCUT2D eigenvalue weighted by molar-refractivity contribution is 5.83. The average Bonchev–Trinajstić information content (AvgIpc) is 2.29. The Hall–Kier alpha value is -1.26. The van der Waals surface area contributed by atoms with E-state index in [1.54, 1.807) is 11.8 Å². The molecular formula is C10H18N2O3. The number of piperidine rings is 1. The number of methoxy groups -OCH3 is 1. The normalized spacial score (nSPS) is 18.1. The molecule has 0 radical (unpaired) electrons. The van der Waals surface area contributed by atoms with Gasteiger partial charge in [0.2, 0.25) is 0 Å². The zero-order chi connectivity index (χ0) is 11.3. The molecule has 1 atom stereocenters. The summed E-state index contributed by atoms with van der Waals surface area (Å²) in [5.74, 6) is -0.416. The minimum Gasteiger partial charge on any atom is -0.467 e. The molecule has 0 aromatic heterocycles. The maximum atomic E-state index is 11.6. The van der Waals surface area contributed by atoms with Crippen LogP contribution in [0.2, 0.25) is 0 Å². The highest BCUT2D eigenvalue weighted by atomic mass is 16.5. The van der Waals surface area contributed by atoms with Crippen LogP contribution in [0, 0.1) is 0 Å². The van der Waals surface area contributed by atoms with Crippen molar-refractivity contribution in [3.05, 3.63) is 0 Å². The van der Waals surface area contributed by atoms with Gasteiger partial charge in [0, 0.05) is 13.1 Å². The van der Waals surface area contributed by atoms with Crippen LogP contribution < -0.4 is 5.32 Å². The van der Waals surface area contributed by atoms with Crippen molar-refractivity contribution in [2.45, 2.75) is 32.2 Å². The largest absolute Gasteiger partial charge is 0.467 e. The smallest absolute Gasteiger partial charge is 0.328 e. The highest BCUT2D eigenvalue weighted by Gasteiger charge is 2.21. The van der Waals surface area contributed by atoms with Crippen molar-refractivity contribution in [3.63, 3.8) is 0 Å². The van der Waals surface area contributed by atoms with Crippen LogP contribution in [-0.2, 0) is 9.53 Å². The van der Waals surface area contributed by atoms with E-state index in [9.17, 15) is 9.59 Å². The Bertz CT molecular complexity index is 237. The van der Waals surface area contributed by atoms with Gasteiger partial charge in [-0.15, -0.1) is 0 Å². The third kappa shape index (κ3) is 3.42. The topological polar surface area (TPSA) is 58.6 Å². The lowest BCUT2D eigenvalue weighted by Gasteiger charge is -2.27. The second-order valence-corrected chi connectivity index (χ2v) is 3.74. The number of ether oxygens (including phenoxy) is 1. The van der Waals surface area contributed by atoms with Crippen LogP contribution >= 0.6 is 0 Å². The predicted octanol–water partition coefficient (Wildman–Crippen LogP) is 0.743. The second-order valence-electron chi connectivity index (χ2n) is 3.74. The minimum atomic E-state index is -0.579. The summed E-state index contributed by atoms with van der Waals surface area (Å²) >= 11 is 0. The Morgan fingerprint density at radius 3 is 2.40 bits per heavy atom. The lowest BCUT2D eigenvalue weighted by molar-refractivity contribution is -0.142. The molecule has 5 heteroatoms. The summed E-state index contributed by atoms with van der Waals surface area (Å²) in [5, 5.41) is 2.61. The number of carbonyl (C=O) groups excluding carboxylic acids is 2. The molecule has 1 heterocycles. The van der Waals surface area contributed by atoms with Crippen molar-refractivity contribution >= 4 is 12.0 Å². The quantitative estimate of drug-likeness (QED) is 0.690. The SMILES string of the molecule is COC(=O)C(C)NC(=O)N1CCCCC1. The summed E-state index contributed by atoms with van der Waals surface area (Å²) in [4.78, 5) is 24.4. The van der Waals surface area contributed by atoms with Gasteiger partial charge >= 0.3 is 12.0 Å². The number of nitrogens with one attached hydrogen (secondary N) is 1. The van der Waals surface area contributed by atoms with Crippen LogP contribution in [0.1, 0.15) is 26.2 Å². The first-order valence-electron chi connectivity index (χ1n) is 5.28. The second kappa shape index (κ2) is 5.58. The fourth-order valence-corrected chi connectivity index (χ4v) is 1.61. The first kappa shape index (κ1) is 11.8. The van der Waals surface area contributed by atoms with Gasteiger partial charge in [0.25, 0.3) is 0 Å². The van der Waals surface area contributed by atoms with Crippen molar-refractivity contribution in [3.8, 4) is 0 Å². The number of urea groups is 1. The lowest BCUT2D eigenvalue weighted by atomic mass is 10.1. The number of amides is 2. The molecule has 0 aromatic carbocycles. The lowest BCUT2D eigenvalue weighted by Crippen LogP contribution is -2.48. The van der Waals surface area contributed by atoms with Gasteiger partial charge in [0.1, 0.15) is 6.04 Å². The average molecular weight is 214 g/mol. The number of esters is 1. The van der Waals surface area contributed by atoms with E-state index < -0.39 is 12.0 Å². The van der Waals surface area contributed by atoms with E-state index in [4.69, 9.17) is 0 Å². The van der Waals surface area contributed by atoms with E-state index in [1.807, 2.05) is 0 Å². The van der Waals surface area contributed by atoms with Crippen molar-refractivity contribution < 1.29 is 14.3 Å². The third-order valence-corrected chi connectivity index (χ3v) is 2.54. The van der Waals surface area contributed by atoms with E-state index in [2.05, 4.69) is 10.1 Å². The molecule has 1 saturated heterocycles. The van der Waals surface area contributed by atoms with Gasteiger partial charge < -0.3 is 15.0 Å². The van der Waals surface area contributed by atoms with Crippen LogP contribution in [0.25, 0.3) is 0 Å². The number of hydrogen-bond acceptors (Lipinski definition) is 3. The summed E-state index contributed by atoms with van der Waals surface area (Å²) in [6, 6.07) is -0.753. The van der Waals surface area contributed by atoms with Crippen LogP contribution in [0.3, 0.4) is 0 Å². The fourth-order valence-electron chi connectivity index (χ4n) is 1.61. The first-order chi connectivity index (χ1) is 7.15. The van der Waals surface area contributed by atoms with Crippen LogP contribution in [0.15, 0.2) is 0 Å². The van der Waals surface area contributed by atoms with Crippen LogP contribution in [0.5, 0.6) is 0 Å². The zero-order valence-corrected chi connectivity index (χ0v) is 9.28. The molecule has 2 amide bonds. The molecule has 1 aliphatic rings. The molecule has 1 unspecified atom stereocenters. The van der Waals surface area contributed by atoms with Crippen molar-refractivity contribution in [1.82, 2.24) is 10.2 Å². The Kier molecular flexibility index (Phi) is 4.39. The monoisotopic (exact) mass is 214 g/mol. The van der Waals surface area contributed by atoms with E-state index in [0.29, 0.717) is 0 Å². The number of nitrogens with zero attached hydrogens (tertiary/aromatic N) is 1. The maximum Gasteiger partial charge on any atom is 0.328 e. The fraction of sp³-hybridized carbons (Fsp3) is 0.800. The van der Waals surface area contributed by atoms with Crippen LogP contribution in [-0.4, -0.2) is 43.1 Å². The van der Waals surface area contributed by atoms with Gasteiger partial charge in [-0.05, 0) is 26.2 Å². The molecule has 1 N–H and O–H groups in total. The predicted molar refractivity (Wildman–Crippen MR) is 55.4 cm³/mol. The highest BCUT2D eigenvalue weighted by Crippen LogP contribution is 2.08. The van der Waals surface area contributed by atoms with Gasteiger partial charge in [-0.2, -0.15) is 0 Å². The molecule has 0 bridgehead atoms. The summed E-state index contributed by atoms with van der Waals surface area (Å²) in [6.45, 7) is 3.17. The van der Waals surface area contributed by atoms with Crippen molar-refractivity contribution in [2.75, 3.05) is 20.2 Å². The van der Waals surface area contributed by atoms with Gasteiger partial charge in [-0.25, -0.2) is 9.59 Å². The van der Waals surface area contributed by atoms with Gasteiger partial charge in [0.15, 0.2) is 0 Å². The first-order valence-corrected chi connectivity index (χ1v) is 5.28. The summed E-state index contributed by atoms with van der Waals surface area (Å²) in [5.41, 5.74) is 0. The van der Waals surface area contributed by atoms with Crippen molar-refractivity contribution in [2.24, 2.45) is 0 Å². The standard InChI is InChI=1S/C10H18N2O3/c1-8(9(13)15-2)11-10(14)12-6-4-3-5-7-12/h8H,3-7H2,1-2H3,(H,11,14). The number of hydrogen-bond donors (Lipinski definition) is 1. The maximum absolute atomic E-state index is 11.6. The summed E-state index contributed by atoms with van der Waals surface area (Å²) in [6.07, 6.45) is 3.26. The molecule has 1 aliphatic heterocycles. The molecule has 0 aliphatic carbocycles. The van der Waals surface area contributed by atoms with E-state index in [-0.39, 0.29) is 6.03 Å². The van der Waals surface area contributed by atoms with E-state index >= 15 is 0 Å². The molecule has 86 valence electrons. The molecular weight excluding hydrogens is 196 g/mol. The Morgan fingerprint density at radius 2 is 1.87 bits per heavy atom. The van der Waals surface area contributed by atoms with Gasteiger partial charge in [0.05, 0.1) is 7.11 Å². The molecule has 1 rings (SSSR count). The van der Waals surface area contributed by atoms with E-state index in [0.717, 1.165) is 25.9 Å². The number of likely N-dealkylation sites (tertiary alicyclic amines) is 1. The van der Waals surface area contributed by atoms with E-state index in [1.165, 1.54) is 13.5 Å². The summed E-state index contributed by atoms with van der Waals surface area (Å²) in [7, 11) is 1.31. The zero-order valence-electron chi connectivity index (χ0n) is 9.28. The third-order valence-electron chi connectivity index (χ3n) is 2.54.